The number of carbonyl (C=O) groups excluding carboxylic acids is 1. The number of nitrogens with two attached hydrogens (primary N) is 1. The van der Waals surface area contributed by atoms with Crippen molar-refractivity contribution in [3.63, 3.8) is 0 Å². The van der Waals surface area contributed by atoms with Crippen molar-refractivity contribution in [3.05, 3.63) is 20.8 Å². The fraction of sp³-hybridized carbons (Fsp3) is 0.500. The number of carbonyl (C=O) groups is 1. The highest BCUT2D eigenvalue weighted by molar-refractivity contribution is 9.10. The number of thiophene rings is 1. The predicted molar refractivity (Wildman–Crippen MR) is 66.7 cm³/mol. The normalized spacial score (nSPS) is 21.1. The molecular weight excluding hydrogens is 292 g/mol. The van der Waals surface area contributed by atoms with Gasteiger partial charge >= 0.3 is 0 Å². The van der Waals surface area contributed by atoms with Crippen molar-refractivity contribution in [2.45, 2.75) is 6.04 Å². The molecule has 1 saturated heterocycles. The Hall–Kier alpha value is -0.430. The van der Waals surface area contributed by atoms with Gasteiger partial charge < -0.3 is 15.4 Å². The van der Waals surface area contributed by atoms with Gasteiger partial charge in [0.15, 0.2) is 0 Å². The van der Waals surface area contributed by atoms with Gasteiger partial charge in [0.2, 0.25) is 0 Å². The molecule has 1 aliphatic rings. The van der Waals surface area contributed by atoms with Crippen molar-refractivity contribution < 1.29 is 9.53 Å². The largest absolute Gasteiger partial charge is 0.377 e. The molecule has 0 saturated carbocycles. The van der Waals surface area contributed by atoms with Gasteiger partial charge in [0.25, 0.3) is 5.91 Å². The topological polar surface area (TPSA) is 55.6 Å². The second kappa shape index (κ2) is 5.27. The molecule has 6 heteroatoms. The van der Waals surface area contributed by atoms with Gasteiger partial charge in [-0.1, -0.05) is 0 Å². The molecule has 1 unspecified atom stereocenters. The third-order valence-electron chi connectivity index (χ3n) is 2.54. The Balaban J connectivity index is 2.13. The van der Waals surface area contributed by atoms with Crippen LogP contribution in [-0.2, 0) is 4.74 Å². The lowest BCUT2D eigenvalue weighted by atomic mass is 10.2. The van der Waals surface area contributed by atoms with E-state index in [-0.39, 0.29) is 11.9 Å². The molecule has 16 heavy (non-hydrogen) atoms. The summed E-state index contributed by atoms with van der Waals surface area (Å²) < 4.78 is 6.26. The maximum absolute atomic E-state index is 12.2. The van der Waals surface area contributed by atoms with E-state index in [0.29, 0.717) is 26.3 Å². The van der Waals surface area contributed by atoms with Crippen molar-refractivity contribution in [1.82, 2.24) is 4.90 Å². The van der Waals surface area contributed by atoms with E-state index in [2.05, 4.69) is 15.9 Å². The van der Waals surface area contributed by atoms with Gasteiger partial charge in [-0.25, -0.2) is 0 Å². The van der Waals surface area contributed by atoms with E-state index in [1.165, 1.54) is 11.3 Å². The molecule has 0 spiro atoms. The molecule has 1 aromatic heterocycles. The van der Waals surface area contributed by atoms with Crippen molar-refractivity contribution in [2.75, 3.05) is 26.3 Å². The molecule has 4 nitrogen and oxygen atoms in total. The molecule has 0 aliphatic carbocycles. The maximum atomic E-state index is 12.2. The Morgan fingerprint density at radius 1 is 1.75 bits per heavy atom. The average molecular weight is 305 g/mol. The van der Waals surface area contributed by atoms with Crippen LogP contribution in [0, 0.1) is 0 Å². The minimum absolute atomic E-state index is 0.00197. The number of halogens is 1. The molecule has 1 aromatic rings. The van der Waals surface area contributed by atoms with E-state index < -0.39 is 0 Å². The van der Waals surface area contributed by atoms with Crippen molar-refractivity contribution >= 4 is 33.2 Å². The molecule has 2 heterocycles. The van der Waals surface area contributed by atoms with Gasteiger partial charge in [-0.2, -0.15) is 0 Å². The quantitative estimate of drug-likeness (QED) is 0.896. The van der Waals surface area contributed by atoms with E-state index in [9.17, 15) is 4.79 Å². The molecular formula is C10H13BrN2O2S. The van der Waals surface area contributed by atoms with E-state index >= 15 is 0 Å². The lowest BCUT2D eigenvalue weighted by molar-refractivity contribution is 0.00111. The van der Waals surface area contributed by atoms with E-state index in [1.54, 1.807) is 0 Å². The third-order valence-corrected chi connectivity index (χ3v) is 4.22. The Labute approximate surface area is 106 Å². The zero-order chi connectivity index (χ0) is 11.5. The van der Waals surface area contributed by atoms with Crippen molar-refractivity contribution in [2.24, 2.45) is 5.73 Å². The van der Waals surface area contributed by atoms with Gasteiger partial charge in [0, 0.05) is 22.9 Å². The SMILES string of the molecule is NCC1COCCN1C(=O)c1cc(Br)cs1. The smallest absolute Gasteiger partial charge is 0.264 e. The van der Waals surface area contributed by atoms with Crippen LogP contribution in [0.3, 0.4) is 0 Å². The highest BCUT2D eigenvalue weighted by atomic mass is 79.9. The number of hydrogen-bond acceptors (Lipinski definition) is 4. The first kappa shape index (κ1) is 12.0. The lowest BCUT2D eigenvalue weighted by Gasteiger charge is -2.34. The first-order chi connectivity index (χ1) is 7.72. The van der Waals surface area contributed by atoms with Crippen LogP contribution in [0.1, 0.15) is 9.67 Å². The van der Waals surface area contributed by atoms with Gasteiger partial charge in [0.1, 0.15) is 0 Å². The molecule has 0 bridgehead atoms. The van der Waals surface area contributed by atoms with Crippen LogP contribution in [0.5, 0.6) is 0 Å². The molecule has 1 atom stereocenters. The van der Waals surface area contributed by atoms with Crippen LogP contribution in [0.4, 0.5) is 0 Å². The highest BCUT2D eigenvalue weighted by Gasteiger charge is 2.27. The maximum Gasteiger partial charge on any atom is 0.264 e. The summed E-state index contributed by atoms with van der Waals surface area (Å²) >= 11 is 4.79. The van der Waals surface area contributed by atoms with Gasteiger partial charge in [-0.15, -0.1) is 11.3 Å². The molecule has 2 rings (SSSR count). The number of hydrogen-bond donors (Lipinski definition) is 1. The molecule has 88 valence electrons. The van der Waals surface area contributed by atoms with E-state index in [0.717, 1.165) is 9.35 Å². The second-order valence-electron chi connectivity index (χ2n) is 3.59. The Morgan fingerprint density at radius 3 is 3.19 bits per heavy atom. The first-order valence-electron chi connectivity index (χ1n) is 5.05. The molecule has 0 radical (unpaired) electrons. The fourth-order valence-corrected chi connectivity index (χ4v) is 3.07. The fourth-order valence-electron chi connectivity index (χ4n) is 1.68. The highest BCUT2D eigenvalue weighted by Crippen LogP contribution is 2.22. The van der Waals surface area contributed by atoms with E-state index in [1.807, 2.05) is 16.3 Å². The second-order valence-corrected chi connectivity index (χ2v) is 5.42. The Kier molecular flexibility index (Phi) is 3.96. The lowest BCUT2D eigenvalue weighted by Crippen LogP contribution is -2.51. The summed E-state index contributed by atoms with van der Waals surface area (Å²) in [5, 5.41) is 1.91. The van der Waals surface area contributed by atoms with Crippen molar-refractivity contribution in [3.8, 4) is 0 Å². The van der Waals surface area contributed by atoms with E-state index in [4.69, 9.17) is 10.5 Å². The van der Waals surface area contributed by atoms with Gasteiger partial charge in [0.05, 0.1) is 24.1 Å². The summed E-state index contributed by atoms with van der Waals surface area (Å²) in [5.74, 6) is 0.0504. The Bertz CT molecular complexity index is 383. The van der Waals surface area contributed by atoms with Gasteiger partial charge in [-0.05, 0) is 22.0 Å². The number of rotatable bonds is 2. The molecule has 1 fully saturated rings. The molecule has 0 aromatic carbocycles. The summed E-state index contributed by atoms with van der Waals surface area (Å²) in [6.07, 6.45) is 0. The van der Waals surface area contributed by atoms with Crippen LogP contribution in [0.15, 0.2) is 15.9 Å². The number of ether oxygens (including phenoxy) is 1. The number of morpholine rings is 1. The molecule has 2 N–H and O–H groups in total. The zero-order valence-electron chi connectivity index (χ0n) is 8.69. The third kappa shape index (κ3) is 2.45. The standard InChI is InChI=1S/C10H13BrN2O2S/c11-7-3-9(16-6-7)10(14)13-1-2-15-5-8(13)4-12/h3,6,8H,1-2,4-5,12H2. The summed E-state index contributed by atoms with van der Waals surface area (Å²) in [6, 6.07) is 1.85. The number of nitrogens with zero attached hydrogens (tertiary/aromatic N) is 1. The summed E-state index contributed by atoms with van der Waals surface area (Å²) in [7, 11) is 0. The van der Waals surface area contributed by atoms with Crippen LogP contribution < -0.4 is 5.73 Å². The molecule has 1 aliphatic heterocycles. The first-order valence-corrected chi connectivity index (χ1v) is 6.72. The van der Waals surface area contributed by atoms with Crippen LogP contribution >= 0.6 is 27.3 Å². The Morgan fingerprint density at radius 2 is 2.56 bits per heavy atom. The summed E-state index contributed by atoms with van der Waals surface area (Å²) in [6.45, 7) is 2.19. The molecule has 1 amide bonds. The van der Waals surface area contributed by atoms with Crippen LogP contribution in [-0.4, -0.2) is 43.2 Å². The van der Waals surface area contributed by atoms with Crippen LogP contribution in [0.25, 0.3) is 0 Å². The van der Waals surface area contributed by atoms with Gasteiger partial charge in [-0.3, -0.25) is 4.79 Å². The monoisotopic (exact) mass is 304 g/mol. The zero-order valence-corrected chi connectivity index (χ0v) is 11.1. The summed E-state index contributed by atoms with van der Waals surface area (Å²) in [5.41, 5.74) is 5.63. The average Bonchev–Trinajstić information content (AvgIpc) is 2.75. The number of amides is 1. The van der Waals surface area contributed by atoms with Crippen molar-refractivity contribution in [1.29, 1.82) is 0 Å². The predicted octanol–water partition coefficient (Wildman–Crippen LogP) is 1.31. The summed E-state index contributed by atoms with van der Waals surface area (Å²) in [4.78, 5) is 14.7. The van der Waals surface area contributed by atoms with Crippen LogP contribution in [0.2, 0.25) is 0 Å². The minimum Gasteiger partial charge on any atom is -0.377 e. The minimum atomic E-state index is 0.00197.